The van der Waals surface area contributed by atoms with E-state index < -0.39 is 34.6 Å². The smallest absolute Gasteiger partial charge is 0.238 e. The van der Waals surface area contributed by atoms with Crippen LogP contribution in [-0.4, -0.2) is 41.7 Å². The molecule has 1 aromatic carbocycles. The van der Waals surface area contributed by atoms with Gasteiger partial charge in [-0.15, -0.1) is 0 Å². The lowest BCUT2D eigenvalue weighted by atomic mass is 10.1. The van der Waals surface area contributed by atoms with Crippen molar-refractivity contribution < 1.29 is 23.1 Å². The SMILES string of the molecule is CN(CC(=O)Nc1ccc(F)c(F)c1F)C(C)(C)CO. The fraction of sp³-hybridized carbons (Fsp3) is 0.462. The summed E-state index contributed by atoms with van der Waals surface area (Å²) in [6, 6.07) is 1.68. The molecule has 7 heteroatoms. The van der Waals surface area contributed by atoms with Gasteiger partial charge in [0, 0.05) is 5.54 Å². The van der Waals surface area contributed by atoms with Crippen molar-refractivity contribution in [1.29, 1.82) is 0 Å². The minimum Gasteiger partial charge on any atom is -0.394 e. The Morgan fingerprint density at radius 1 is 1.30 bits per heavy atom. The Bertz CT molecular complexity index is 507. The Hall–Kier alpha value is -1.60. The lowest BCUT2D eigenvalue weighted by molar-refractivity contribution is -0.118. The number of halogens is 3. The number of rotatable bonds is 5. The fourth-order valence-electron chi connectivity index (χ4n) is 1.36. The van der Waals surface area contributed by atoms with Gasteiger partial charge in [0.25, 0.3) is 0 Å². The molecule has 20 heavy (non-hydrogen) atoms. The van der Waals surface area contributed by atoms with Crippen molar-refractivity contribution in [3.63, 3.8) is 0 Å². The summed E-state index contributed by atoms with van der Waals surface area (Å²) in [7, 11) is 1.61. The van der Waals surface area contributed by atoms with Gasteiger partial charge in [-0.2, -0.15) is 0 Å². The van der Waals surface area contributed by atoms with E-state index in [1.54, 1.807) is 25.8 Å². The van der Waals surface area contributed by atoms with E-state index in [4.69, 9.17) is 5.11 Å². The Labute approximate surface area is 115 Å². The largest absolute Gasteiger partial charge is 0.394 e. The number of likely N-dealkylation sites (N-methyl/N-ethyl adjacent to an activating group) is 1. The molecule has 0 atom stereocenters. The number of carbonyl (C=O) groups is 1. The van der Waals surface area contributed by atoms with Crippen LogP contribution in [0.5, 0.6) is 0 Å². The molecule has 0 aliphatic carbocycles. The summed E-state index contributed by atoms with van der Waals surface area (Å²) in [6.45, 7) is 3.14. The van der Waals surface area contributed by atoms with Gasteiger partial charge < -0.3 is 10.4 Å². The van der Waals surface area contributed by atoms with Gasteiger partial charge in [-0.1, -0.05) is 0 Å². The van der Waals surface area contributed by atoms with Crippen LogP contribution in [-0.2, 0) is 4.79 Å². The molecular formula is C13H17F3N2O2. The molecule has 1 aromatic rings. The first kappa shape index (κ1) is 16.5. The minimum absolute atomic E-state index is 0.133. The number of anilines is 1. The minimum atomic E-state index is -1.63. The molecule has 0 heterocycles. The average Bonchev–Trinajstić information content (AvgIpc) is 2.39. The van der Waals surface area contributed by atoms with Crippen LogP contribution in [0.1, 0.15) is 13.8 Å². The predicted molar refractivity (Wildman–Crippen MR) is 68.7 cm³/mol. The number of aliphatic hydroxyl groups is 1. The molecule has 2 N–H and O–H groups in total. The molecule has 0 aromatic heterocycles. The first-order chi connectivity index (χ1) is 9.19. The first-order valence-corrected chi connectivity index (χ1v) is 5.94. The number of aliphatic hydroxyl groups excluding tert-OH is 1. The lowest BCUT2D eigenvalue weighted by Gasteiger charge is -2.33. The summed E-state index contributed by atoms with van der Waals surface area (Å²) in [5.41, 5.74) is -1.06. The number of benzene rings is 1. The van der Waals surface area contributed by atoms with Gasteiger partial charge >= 0.3 is 0 Å². The fourth-order valence-corrected chi connectivity index (χ4v) is 1.36. The van der Waals surface area contributed by atoms with E-state index in [9.17, 15) is 18.0 Å². The van der Waals surface area contributed by atoms with E-state index in [1.807, 2.05) is 0 Å². The summed E-state index contributed by atoms with van der Waals surface area (Å²) in [5, 5.41) is 11.3. The van der Waals surface area contributed by atoms with Crippen LogP contribution >= 0.6 is 0 Å². The van der Waals surface area contributed by atoms with Gasteiger partial charge in [-0.25, -0.2) is 13.2 Å². The molecule has 1 rings (SSSR count). The standard InChI is InChI=1S/C13H17F3N2O2/c1-13(2,7-19)18(3)6-10(20)17-9-5-4-8(14)11(15)12(9)16/h4-5,19H,6-7H2,1-3H3,(H,17,20). The van der Waals surface area contributed by atoms with E-state index >= 15 is 0 Å². The van der Waals surface area contributed by atoms with Crippen LogP contribution < -0.4 is 5.32 Å². The van der Waals surface area contributed by atoms with Gasteiger partial charge in [-0.3, -0.25) is 9.69 Å². The quantitative estimate of drug-likeness (QED) is 0.812. The van der Waals surface area contributed by atoms with Crippen molar-refractivity contribution in [3.8, 4) is 0 Å². The number of hydrogen-bond acceptors (Lipinski definition) is 3. The van der Waals surface area contributed by atoms with E-state index in [0.29, 0.717) is 0 Å². The van der Waals surface area contributed by atoms with E-state index in [-0.39, 0.29) is 13.2 Å². The van der Waals surface area contributed by atoms with Crippen LogP contribution in [0.25, 0.3) is 0 Å². The number of nitrogens with one attached hydrogen (secondary N) is 1. The second-order valence-electron chi connectivity index (χ2n) is 5.10. The van der Waals surface area contributed by atoms with Gasteiger partial charge in [-0.05, 0) is 33.0 Å². The molecule has 0 aliphatic heterocycles. The topological polar surface area (TPSA) is 52.6 Å². The number of carbonyl (C=O) groups excluding carboxylic acids is 1. The van der Waals surface area contributed by atoms with Crippen LogP contribution in [0.4, 0.5) is 18.9 Å². The highest BCUT2D eigenvalue weighted by Crippen LogP contribution is 2.19. The molecule has 0 saturated heterocycles. The van der Waals surface area contributed by atoms with Crippen LogP contribution in [0.15, 0.2) is 12.1 Å². The summed E-state index contributed by atoms with van der Waals surface area (Å²) >= 11 is 0. The monoisotopic (exact) mass is 290 g/mol. The highest BCUT2D eigenvalue weighted by Gasteiger charge is 2.24. The van der Waals surface area contributed by atoms with Crippen molar-refractivity contribution in [2.45, 2.75) is 19.4 Å². The number of nitrogens with zero attached hydrogens (tertiary/aromatic N) is 1. The molecule has 0 unspecified atom stereocenters. The van der Waals surface area contributed by atoms with E-state index in [0.717, 1.165) is 12.1 Å². The summed E-state index contributed by atoms with van der Waals surface area (Å²) in [6.07, 6.45) is 0. The van der Waals surface area contributed by atoms with Crippen molar-refractivity contribution in [2.24, 2.45) is 0 Å². The average molecular weight is 290 g/mol. The van der Waals surface area contributed by atoms with Gasteiger partial charge in [0.05, 0.1) is 18.8 Å². The molecule has 0 aliphatic rings. The summed E-state index contributed by atoms with van der Waals surface area (Å²) < 4.78 is 39.1. The Kier molecular flexibility index (Phi) is 5.13. The summed E-state index contributed by atoms with van der Waals surface area (Å²) in [4.78, 5) is 13.3. The lowest BCUT2D eigenvalue weighted by Crippen LogP contribution is -2.47. The normalized spacial score (nSPS) is 11.8. The van der Waals surface area contributed by atoms with Gasteiger partial charge in [0.15, 0.2) is 17.5 Å². The third-order valence-corrected chi connectivity index (χ3v) is 3.11. The van der Waals surface area contributed by atoms with Crippen molar-refractivity contribution in [1.82, 2.24) is 4.90 Å². The molecule has 1 amide bonds. The first-order valence-electron chi connectivity index (χ1n) is 5.94. The van der Waals surface area contributed by atoms with Gasteiger partial charge in [0.1, 0.15) is 0 Å². The van der Waals surface area contributed by atoms with Crippen molar-refractivity contribution >= 4 is 11.6 Å². The number of hydrogen-bond donors (Lipinski definition) is 2. The van der Waals surface area contributed by atoms with Crippen LogP contribution in [0.3, 0.4) is 0 Å². The molecule has 4 nitrogen and oxygen atoms in total. The Morgan fingerprint density at radius 2 is 1.90 bits per heavy atom. The molecule has 0 radical (unpaired) electrons. The second kappa shape index (κ2) is 6.23. The van der Waals surface area contributed by atoms with Crippen LogP contribution in [0, 0.1) is 17.5 Å². The van der Waals surface area contributed by atoms with Gasteiger partial charge in [0.2, 0.25) is 5.91 Å². The molecule has 0 spiro atoms. The second-order valence-corrected chi connectivity index (χ2v) is 5.10. The molecule has 112 valence electrons. The van der Waals surface area contributed by atoms with E-state index in [1.165, 1.54) is 0 Å². The molecule has 0 fully saturated rings. The highest BCUT2D eigenvalue weighted by atomic mass is 19.2. The third-order valence-electron chi connectivity index (χ3n) is 3.11. The summed E-state index contributed by atoms with van der Waals surface area (Å²) in [5.74, 6) is -4.99. The predicted octanol–water partition coefficient (Wildman–Crippen LogP) is 1.75. The van der Waals surface area contributed by atoms with Crippen molar-refractivity contribution in [2.75, 3.05) is 25.5 Å². The van der Waals surface area contributed by atoms with Crippen molar-refractivity contribution in [3.05, 3.63) is 29.6 Å². The maximum Gasteiger partial charge on any atom is 0.238 e. The Balaban J connectivity index is 2.75. The Morgan fingerprint density at radius 3 is 2.45 bits per heavy atom. The third kappa shape index (κ3) is 3.71. The maximum absolute atomic E-state index is 13.4. The number of amides is 1. The maximum atomic E-state index is 13.4. The molecule has 0 saturated carbocycles. The molecule has 0 bridgehead atoms. The van der Waals surface area contributed by atoms with E-state index in [2.05, 4.69) is 5.32 Å². The van der Waals surface area contributed by atoms with Crippen LogP contribution in [0.2, 0.25) is 0 Å². The zero-order valence-electron chi connectivity index (χ0n) is 11.5. The zero-order valence-corrected chi connectivity index (χ0v) is 11.5. The molecular weight excluding hydrogens is 273 g/mol. The highest BCUT2D eigenvalue weighted by molar-refractivity contribution is 5.92. The zero-order chi connectivity index (χ0) is 15.5.